The Labute approximate surface area is 119 Å². The topological polar surface area (TPSA) is 59.1 Å². The van der Waals surface area contributed by atoms with E-state index >= 15 is 0 Å². The molecule has 20 heavy (non-hydrogen) atoms. The van der Waals surface area contributed by atoms with Crippen LogP contribution in [-0.2, 0) is 16.1 Å². The van der Waals surface area contributed by atoms with E-state index in [-0.39, 0.29) is 17.1 Å². The average molecular weight is 272 g/mol. The van der Waals surface area contributed by atoms with Gasteiger partial charge in [0, 0.05) is 25.4 Å². The summed E-state index contributed by atoms with van der Waals surface area (Å²) in [6.45, 7) is 4.57. The lowest BCUT2D eigenvalue weighted by atomic mass is 9.68. The summed E-state index contributed by atoms with van der Waals surface area (Å²) in [5.74, 6) is 0.387. The van der Waals surface area contributed by atoms with E-state index in [0.717, 1.165) is 12.0 Å². The van der Waals surface area contributed by atoms with Crippen LogP contribution in [0.4, 0.5) is 0 Å². The Morgan fingerprint density at radius 1 is 1.50 bits per heavy atom. The van der Waals surface area contributed by atoms with Gasteiger partial charge in [-0.3, -0.25) is 14.6 Å². The molecule has 2 aliphatic carbocycles. The maximum absolute atomic E-state index is 12.7. The third-order valence-electron chi connectivity index (χ3n) is 5.46. The van der Waals surface area contributed by atoms with Crippen LogP contribution >= 0.6 is 0 Å². The Morgan fingerprint density at radius 2 is 2.30 bits per heavy atom. The number of rotatable bonds is 3. The molecule has 4 heteroatoms. The molecular weight excluding hydrogens is 252 g/mol. The van der Waals surface area contributed by atoms with E-state index in [0.29, 0.717) is 25.3 Å². The molecule has 0 aromatic carbocycles. The third-order valence-corrected chi connectivity index (χ3v) is 5.46. The second kappa shape index (κ2) is 4.40. The van der Waals surface area contributed by atoms with E-state index in [1.54, 1.807) is 12.4 Å². The highest BCUT2D eigenvalue weighted by molar-refractivity contribution is 6.09. The molecular formula is C16H20N2O2. The van der Waals surface area contributed by atoms with Crippen molar-refractivity contribution in [3.05, 3.63) is 30.1 Å². The molecule has 4 nitrogen and oxygen atoms in total. The molecule has 1 aromatic rings. The number of pyridine rings is 1. The van der Waals surface area contributed by atoms with Crippen LogP contribution in [0.2, 0.25) is 0 Å². The van der Waals surface area contributed by atoms with Gasteiger partial charge in [-0.05, 0) is 35.8 Å². The summed E-state index contributed by atoms with van der Waals surface area (Å²) < 4.78 is 0. The molecule has 1 N–H and O–H groups in total. The largest absolute Gasteiger partial charge is 0.351 e. The first-order valence-electron chi connectivity index (χ1n) is 7.19. The molecule has 2 atom stereocenters. The highest BCUT2D eigenvalue weighted by atomic mass is 16.2. The number of hydrogen-bond acceptors (Lipinski definition) is 3. The summed E-state index contributed by atoms with van der Waals surface area (Å²) >= 11 is 0. The molecule has 1 aromatic heterocycles. The van der Waals surface area contributed by atoms with Crippen LogP contribution in [0.25, 0.3) is 0 Å². The number of aromatic nitrogens is 1. The molecule has 2 saturated carbocycles. The van der Waals surface area contributed by atoms with Gasteiger partial charge in [0.2, 0.25) is 5.91 Å². The summed E-state index contributed by atoms with van der Waals surface area (Å²) in [5.41, 5.74) is -0.0711. The van der Waals surface area contributed by atoms with E-state index in [2.05, 4.69) is 24.1 Å². The molecule has 1 amide bonds. The van der Waals surface area contributed by atoms with Crippen LogP contribution in [0.15, 0.2) is 24.5 Å². The number of carbonyl (C=O) groups excluding carboxylic acids is 2. The molecule has 106 valence electrons. The lowest BCUT2D eigenvalue weighted by Crippen LogP contribution is -2.49. The monoisotopic (exact) mass is 272 g/mol. The zero-order valence-corrected chi connectivity index (χ0v) is 12.0. The Hall–Kier alpha value is -1.71. The maximum atomic E-state index is 12.7. The quantitative estimate of drug-likeness (QED) is 0.857. The molecule has 1 heterocycles. The zero-order chi connectivity index (χ0) is 14.4. The first kappa shape index (κ1) is 13.3. The first-order chi connectivity index (χ1) is 9.48. The van der Waals surface area contributed by atoms with Crippen LogP contribution in [0, 0.1) is 16.7 Å². The number of nitrogens with zero attached hydrogens (tertiary/aromatic N) is 1. The predicted octanol–water partition coefficient (Wildman–Crippen LogP) is 2.09. The van der Waals surface area contributed by atoms with Crippen molar-refractivity contribution in [2.24, 2.45) is 16.7 Å². The van der Waals surface area contributed by atoms with Crippen molar-refractivity contribution in [1.29, 1.82) is 0 Å². The van der Waals surface area contributed by atoms with Gasteiger partial charge in [0.1, 0.15) is 11.2 Å². The van der Waals surface area contributed by atoms with Crippen molar-refractivity contribution in [3.8, 4) is 0 Å². The molecule has 2 fully saturated rings. The lowest BCUT2D eigenvalue weighted by Gasteiger charge is -2.34. The first-order valence-corrected chi connectivity index (χ1v) is 7.19. The summed E-state index contributed by atoms with van der Waals surface area (Å²) in [5, 5.41) is 2.95. The van der Waals surface area contributed by atoms with E-state index in [9.17, 15) is 9.59 Å². The Balaban J connectivity index is 1.78. The number of ketones is 1. The minimum absolute atomic E-state index is 0.101. The van der Waals surface area contributed by atoms with Crippen molar-refractivity contribution in [2.45, 2.75) is 39.7 Å². The average Bonchev–Trinajstić information content (AvgIpc) is 2.81. The molecule has 0 saturated heterocycles. The van der Waals surface area contributed by atoms with Gasteiger partial charge in [-0.15, -0.1) is 0 Å². The maximum Gasteiger partial charge on any atom is 0.234 e. The summed E-state index contributed by atoms with van der Waals surface area (Å²) in [6, 6.07) is 3.76. The van der Waals surface area contributed by atoms with Crippen molar-refractivity contribution < 1.29 is 9.59 Å². The van der Waals surface area contributed by atoms with Gasteiger partial charge in [-0.2, -0.15) is 0 Å². The molecule has 2 aliphatic rings. The zero-order valence-electron chi connectivity index (χ0n) is 12.0. The minimum atomic E-state index is -0.806. The number of carbonyl (C=O) groups is 2. The Bertz CT molecular complexity index is 553. The fourth-order valence-electron chi connectivity index (χ4n) is 4.04. The standard InChI is InChI=1S/C16H20N2O2/c1-15(2)12-5-6-16(15,13(19)8-12)14(20)18-10-11-4-3-7-17-9-11/h3-4,7,9,12H,5-6,8,10H2,1-2H3,(H,18,20). The van der Waals surface area contributed by atoms with E-state index in [1.807, 2.05) is 12.1 Å². The second-order valence-electron chi connectivity index (χ2n) is 6.53. The Morgan fingerprint density at radius 3 is 2.85 bits per heavy atom. The van der Waals surface area contributed by atoms with Gasteiger partial charge in [0.25, 0.3) is 0 Å². The highest BCUT2D eigenvalue weighted by Gasteiger charge is 2.67. The van der Waals surface area contributed by atoms with Crippen molar-refractivity contribution >= 4 is 11.7 Å². The Kier molecular flexibility index (Phi) is 2.92. The summed E-state index contributed by atoms with van der Waals surface area (Å²) in [6.07, 6.45) is 5.68. The third kappa shape index (κ3) is 1.63. The normalized spacial score (nSPS) is 30.5. The minimum Gasteiger partial charge on any atom is -0.351 e. The highest BCUT2D eigenvalue weighted by Crippen LogP contribution is 2.63. The van der Waals surface area contributed by atoms with Gasteiger partial charge in [-0.1, -0.05) is 19.9 Å². The smallest absolute Gasteiger partial charge is 0.234 e. The van der Waals surface area contributed by atoms with Gasteiger partial charge in [-0.25, -0.2) is 0 Å². The second-order valence-corrected chi connectivity index (χ2v) is 6.53. The number of nitrogens with one attached hydrogen (secondary N) is 1. The molecule has 3 rings (SSSR count). The van der Waals surface area contributed by atoms with Crippen LogP contribution in [0.3, 0.4) is 0 Å². The molecule has 0 spiro atoms. The van der Waals surface area contributed by atoms with Gasteiger partial charge >= 0.3 is 0 Å². The predicted molar refractivity (Wildman–Crippen MR) is 74.6 cm³/mol. The van der Waals surface area contributed by atoms with Crippen molar-refractivity contribution in [2.75, 3.05) is 0 Å². The van der Waals surface area contributed by atoms with Crippen LogP contribution in [0.5, 0.6) is 0 Å². The number of fused-ring (bicyclic) bond motifs is 2. The molecule has 2 bridgehead atoms. The summed E-state index contributed by atoms with van der Waals surface area (Å²) in [7, 11) is 0. The SMILES string of the molecule is CC1(C)C2CCC1(C(=O)NCc1cccnc1)C(=O)C2. The van der Waals surface area contributed by atoms with Gasteiger partial charge < -0.3 is 5.32 Å². The van der Waals surface area contributed by atoms with Crippen LogP contribution < -0.4 is 5.32 Å². The summed E-state index contributed by atoms with van der Waals surface area (Å²) in [4.78, 5) is 29.1. The van der Waals surface area contributed by atoms with Crippen LogP contribution in [-0.4, -0.2) is 16.7 Å². The fourth-order valence-corrected chi connectivity index (χ4v) is 4.04. The van der Waals surface area contributed by atoms with Crippen LogP contribution in [0.1, 0.15) is 38.7 Å². The lowest BCUT2D eigenvalue weighted by molar-refractivity contribution is -0.145. The van der Waals surface area contributed by atoms with E-state index < -0.39 is 5.41 Å². The number of Topliss-reactive ketones (excluding diaryl/α,β-unsaturated/α-hetero) is 1. The van der Waals surface area contributed by atoms with E-state index in [1.165, 1.54) is 0 Å². The fraction of sp³-hybridized carbons (Fsp3) is 0.562. The van der Waals surface area contributed by atoms with Crippen molar-refractivity contribution in [1.82, 2.24) is 10.3 Å². The number of hydrogen-bond donors (Lipinski definition) is 1. The molecule has 0 radical (unpaired) electrons. The van der Waals surface area contributed by atoms with Gasteiger partial charge in [0.05, 0.1) is 0 Å². The van der Waals surface area contributed by atoms with Gasteiger partial charge in [0.15, 0.2) is 0 Å². The van der Waals surface area contributed by atoms with Crippen molar-refractivity contribution in [3.63, 3.8) is 0 Å². The number of amides is 1. The molecule has 0 aliphatic heterocycles. The molecule has 2 unspecified atom stereocenters. The van der Waals surface area contributed by atoms with E-state index in [4.69, 9.17) is 0 Å².